The summed E-state index contributed by atoms with van der Waals surface area (Å²) in [5.74, 6) is 6.71. The standard InChI is InChI=1S/C28H22N4O2/c1-18(29-2)28(33)32-27-12-9-23(24-17-30-16-21-5-3-4-6-22(21)24)25(31-27)10-7-19-8-11-26-20(15-19)13-14-34-26/h3-6,8-9,11-18,29H,1-2H3,(H,31,32,33). The molecular weight excluding hydrogens is 424 g/mol. The van der Waals surface area contributed by atoms with Crippen LogP contribution in [0.2, 0.25) is 0 Å². The van der Waals surface area contributed by atoms with Crippen molar-refractivity contribution in [1.29, 1.82) is 0 Å². The Morgan fingerprint density at radius 1 is 0.971 bits per heavy atom. The van der Waals surface area contributed by atoms with E-state index in [0.29, 0.717) is 11.5 Å². The lowest BCUT2D eigenvalue weighted by Gasteiger charge is -2.13. The Hall–Kier alpha value is -4.47. The molecule has 0 aliphatic rings. The largest absolute Gasteiger partial charge is 0.464 e. The van der Waals surface area contributed by atoms with Gasteiger partial charge in [-0.25, -0.2) is 4.98 Å². The van der Waals surface area contributed by atoms with E-state index in [4.69, 9.17) is 9.40 Å². The van der Waals surface area contributed by atoms with Crippen molar-refractivity contribution in [2.75, 3.05) is 12.4 Å². The molecular formula is C28H22N4O2. The molecule has 3 heterocycles. The Morgan fingerprint density at radius 2 is 1.85 bits per heavy atom. The van der Waals surface area contributed by atoms with Crippen molar-refractivity contribution in [2.45, 2.75) is 13.0 Å². The Balaban J connectivity index is 1.62. The summed E-state index contributed by atoms with van der Waals surface area (Å²) >= 11 is 0. The second-order valence-electron chi connectivity index (χ2n) is 7.92. The topological polar surface area (TPSA) is 80.0 Å². The van der Waals surface area contributed by atoms with Gasteiger partial charge in [-0.3, -0.25) is 9.78 Å². The average molecular weight is 447 g/mol. The van der Waals surface area contributed by atoms with Gasteiger partial charge in [0.2, 0.25) is 5.91 Å². The Kier molecular flexibility index (Phi) is 5.77. The molecule has 1 amide bonds. The van der Waals surface area contributed by atoms with Crippen LogP contribution in [0.25, 0.3) is 32.9 Å². The normalized spacial score (nSPS) is 11.7. The molecule has 0 spiro atoms. The Morgan fingerprint density at radius 3 is 2.74 bits per heavy atom. The van der Waals surface area contributed by atoms with Gasteiger partial charge in [-0.15, -0.1) is 0 Å². The summed E-state index contributed by atoms with van der Waals surface area (Å²) in [6.07, 6.45) is 5.32. The van der Waals surface area contributed by atoms with E-state index in [-0.39, 0.29) is 11.9 Å². The minimum absolute atomic E-state index is 0.168. The summed E-state index contributed by atoms with van der Waals surface area (Å²) in [6.45, 7) is 1.79. The van der Waals surface area contributed by atoms with Crippen molar-refractivity contribution in [3.05, 3.63) is 90.6 Å². The number of rotatable bonds is 4. The number of pyridine rings is 2. The highest BCUT2D eigenvalue weighted by Gasteiger charge is 2.14. The minimum Gasteiger partial charge on any atom is -0.464 e. The third-order valence-electron chi connectivity index (χ3n) is 5.71. The van der Waals surface area contributed by atoms with E-state index in [1.54, 1.807) is 26.3 Å². The first kappa shape index (κ1) is 21.4. The van der Waals surface area contributed by atoms with Crippen LogP contribution < -0.4 is 10.6 Å². The minimum atomic E-state index is -0.347. The number of benzene rings is 2. The maximum atomic E-state index is 12.4. The first-order valence-electron chi connectivity index (χ1n) is 10.9. The quantitative estimate of drug-likeness (QED) is 0.380. The van der Waals surface area contributed by atoms with Crippen LogP contribution in [0.3, 0.4) is 0 Å². The van der Waals surface area contributed by atoms with Crippen LogP contribution in [0.5, 0.6) is 0 Å². The molecule has 0 radical (unpaired) electrons. The van der Waals surface area contributed by atoms with Gasteiger partial charge < -0.3 is 15.1 Å². The molecule has 1 unspecified atom stereocenters. The number of carbonyl (C=O) groups is 1. The molecule has 2 N–H and O–H groups in total. The number of nitrogens with zero attached hydrogens (tertiary/aromatic N) is 2. The molecule has 166 valence electrons. The number of aromatic nitrogens is 2. The van der Waals surface area contributed by atoms with E-state index in [2.05, 4.69) is 33.5 Å². The van der Waals surface area contributed by atoms with Crippen LogP contribution in [0.15, 0.2) is 83.7 Å². The number of hydrogen-bond acceptors (Lipinski definition) is 5. The van der Waals surface area contributed by atoms with Gasteiger partial charge in [-0.1, -0.05) is 30.2 Å². The fourth-order valence-corrected chi connectivity index (χ4v) is 3.71. The summed E-state index contributed by atoms with van der Waals surface area (Å²) in [5, 5.41) is 8.87. The number of nitrogens with one attached hydrogen (secondary N) is 2. The lowest BCUT2D eigenvalue weighted by atomic mass is 9.99. The number of fused-ring (bicyclic) bond motifs is 2. The average Bonchev–Trinajstić information content (AvgIpc) is 3.35. The van der Waals surface area contributed by atoms with Gasteiger partial charge in [0.25, 0.3) is 0 Å². The van der Waals surface area contributed by atoms with E-state index < -0.39 is 0 Å². The van der Waals surface area contributed by atoms with Crippen LogP contribution in [0.1, 0.15) is 18.2 Å². The third kappa shape index (κ3) is 4.25. The number of amides is 1. The molecule has 3 aromatic heterocycles. The van der Waals surface area contributed by atoms with E-state index in [0.717, 1.165) is 38.4 Å². The number of anilines is 1. The zero-order valence-corrected chi connectivity index (χ0v) is 18.8. The van der Waals surface area contributed by atoms with Gasteiger partial charge >= 0.3 is 0 Å². The van der Waals surface area contributed by atoms with E-state index in [1.807, 2.05) is 60.9 Å². The zero-order chi connectivity index (χ0) is 23.5. The van der Waals surface area contributed by atoms with Crippen molar-refractivity contribution >= 4 is 33.5 Å². The molecule has 0 saturated carbocycles. The van der Waals surface area contributed by atoms with Crippen LogP contribution >= 0.6 is 0 Å². The number of hydrogen-bond donors (Lipinski definition) is 2. The van der Waals surface area contributed by atoms with Gasteiger partial charge in [0, 0.05) is 39.9 Å². The van der Waals surface area contributed by atoms with Crippen molar-refractivity contribution < 1.29 is 9.21 Å². The summed E-state index contributed by atoms with van der Waals surface area (Å²) in [5.41, 5.74) is 3.99. The van der Waals surface area contributed by atoms with Crippen LogP contribution in [0.4, 0.5) is 5.82 Å². The van der Waals surface area contributed by atoms with E-state index in [9.17, 15) is 4.79 Å². The fraction of sp³-hybridized carbons (Fsp3) is 0.107. The molecule has 0 bridgehead atoms. The highest BCUT2D eigenvalue weighted by Crippen LogP contribution is 2.30. The molecule has 0 aliphatic heterocycles. The SMILES string of the molecule is CNC(C)C(=O)Nc1ccc(-c2cncc3ccccc23)c(C#Cc2ccc3occc3c2)n1. The highest BCUT2D eigenvalue weighted by atomic mass is 16.3. The lowest BCUT2D eigenvalue weighted by molar-refractivity contribution is -0.117. The molecule has 6 nitrogen and oxygen atoms in total. The van der Waals surface area contributed by atoms with Crippen molar-refractivity contribution in [2.24, 2.45) is 0 Å². The van der Waals surface area contributed by atoms with Gasteiger partial charge in [0.05, 0.1) is 12.3 Å². The summed E-state index contributed by atoms with van der Waals surface area (Å²) in [4.78, 5) is 21.5. The first-order chi connectivity index (χ1) is 16.6. The van der Waals surface area contributed by atoms with Gasteiger partial charge in [-0.05, 0) is 61.7 Å². The molecule has 5 aromatic rings. The Bertz CT molecular complexity index is 1570. The highest BCUT2D eigenvalue weighted by molar-refractivity contribution is 5.98. The predicted molar refractivity (Wildman–Crippen MR) is 134 cm³/mol. The van der Waals surface area contributed by atoms with E-state index >= 15 is 0 Å². The van der Waals surface area contributed by atoms with Crippen LogP contribution in [0, 0.1) is 11.8 Å². The van der Waals surface area contributed by atoms with Crippen molar-refractivity contribution in [3.8, 4) is 23.0 Å². The Labute approximate surface area is 197 Å². The van der Waals surface area contributed by atoms with Crippen LogP contribution in [-0.4, -0.2) is 29.0 Å². The maximum Gasteiger partial charge on any atom is 0.242 e. The summed E-state index contributed by atoms with van der Waals surface area (Å²) < 4.78 is 5.42. The molecule has 5 rings (SSSR count). The summed E-state index contributed by atoms with van der Waals surface area (Å²) in [7, 11) is 1.74. The second-order valence-corrected chi connectivity index (χ2v) is 7.92. The van der Waals surface area contributed by atoms with Gasteiger partial charge in [-0.2, -0.15) is 0 Å². The van der Waals surface area contributed by atoms with Crippen LogP contribution in [-0.2, 0) is 4.79 Å². The molecule has 34 heavy (non-hydrogen) atoms. The zero-order valence-electron chi connectivity index (χ0n) is 18.8. The molecule has 6 heteroatoms. The monoisotopic (exact) mass is 446 g/mol. The molecule has 0 aliphatic carbocycles. The molecule has 1 atom stereocenters. The van der Waals surface area contributed by atoms with Crippen molar-refractivity contribution in [1.82, 2.24) is 15.3 Å². The third-order valence-corrected chi connectivity index (χ3v) is 5.71. The number of carbonyl (C=O) groups excluding carboxylic acids is 1. The predicted octanol–water partition coefficient (Wildman–Crippen LogP) is 4.99. The van der Waals surface area contributed by atoms with Crippen molar-refractivity contribution in [3.63, 3.8) is 0 Å². The molecule has 0 saturated heterocycles. The maximum absolute atomic E-state index is 12.4. The van der Waals surface area contributed by atoms with Gasteiger partial charge in [0.15, 0.2) is 0 Å². The number of likely N-dealkylation sites (N-methyl/N-ethyl adjacent to an activating group) is 1. The summed E-state index contributed by atoms with van der Waals surface area (Å²) in [6, 6.07) is 19.1. The fourth-order valence-electron chi connectivity index (χ4n) is 3.71. The first-order valence-corrected chi connectivity index (χ1v) is 10.9. The molecule has 0 fully saturated rings. The van der Waals surface area contributed by atoms with Gasteiger partial charge in [0.1, 0.15) is 17.1 Å². The number of furan rings is 1. The second kappa shape index (κ2) is 9.18. The lowest BCUT2D eigenvalue weighted by Crippen LogP contribution is -2.35. The van der Waals surface area contributed by atoms with E-state index in [1.165, 1.54) is 0 Å². The molecule has 2 aromatic carbocycles. The smallest absolute Gasteiger partial charge is 0.242 e.